The van der Waals surface area contributed by atoms with Crippen LogP contribution in [0.15, 0.2) is 164 Å². The lowest BCUT2D eigenvalue weighted by molar-refractivity contribution is 0.394. The maximum absolute atomic E-state index is 9.21. The Bertz CT molecular complexity index is 2560. The van der Waals surface area contributed by atoms with Crippen molar-refractivity contribution in [3.8, 4) is 0 Å². The third-order valence-corrected chi connectivity index (χ3v) is 10.5. The zero-order valence-corrected chi connectivity index (χ0v) is 27.2. The summed E-state index contributed by atoms with van der Waals surface area (Å²) in [5.41, 5.74) is 7.70. The second-order valence-electron chi connectivity index (χ2n) is 13.7. The fraction of sp³-hybridized carbons (Fsp3) is 0.106. The van der Waals surface area contributed by atoms with Gasteiger partial charge in [0.15, 0.2) is 0 Å². The largest absolute Gasteiger partial charge is 0.310 e. The van der Waals surface area contributed by atoms with Gasteiger partial charge in [0.25, 0.3) is 0 Å². The van der Waals surface area contributed by atoms with Crippen LogP contribution < -0.4 is 4.90 Å². The molecule has 2 unspecified atom stereocenters. The SMILES string of the molecule is [2H]/C(=C(/[2H])c1cc2ccccc2c2ccccc12)c1ccc2cc(N(c3ccccc3)c3ccc4c(c3)C(C)(C)C3C=CC=CC43)ccc2c1. The van der Waals surface area contributed by atoms with Gasteiger partial charge in [0.2, 0.25) is 0 Å². The molecule has 7 aromatic carbocycles. The van der Waals surface area contributed by atoms with Crippen molar-refractivity contribution in [3.05, 3.63) is 186 Å². The number of benzene rings is 7. The van der Waals surface area contributed by atoms with Crippen molar-refractivity contribution in [1.29, 1.82) is 0 Å². The van der Waals surface area contributed by atoms with Crippen LogP contribution in [0.25, 0.3) is 44.4 Å². The molecule has 1 nitrogen and oxygen atoms in total. The molecule has 0 heterocycles. The predicted octanol–water partition coefficient (Wildman–Crippen LogP) is 12.9. The fourth-order valence-electron chi connectivity index (χ4n) is 8.08. The van der Waals surface area contributed by atoms with E-state index >= 15 is 0 Å². The average Bonchev–Trinajstić information content (AvgIpc) is 3.39. The monoisotopic (exact) mass is 617 g/mol. The highest BCUT2D eigenvalue weighted by atomic mass is 15.1. The molecule has 230 valence electrons. The Morgan fingerprint density at radius 2 is 1.25 bits per heavy atom. The van der Waals surface area contributed by atoms with E-state index in [1.54, 1.807) is 0 Å². The first-order chi connectivity index (χ1) is 24.4. The molecule has 2 aliphatic rings. The van der Waals surface area contributed by atoms with E-state index in [1.165, 1.54) is 11.1 Å². The molecule has 2 atom stereocenters. The van der Waals surface area contributed by atoms with Crippen molar-refractivity contribution in [1.82, 2.24) is 0 Å². The number of allylic oxidation sites excluding steroid dienone is 4. The maximum atomic E-state index is 9.21. The van der Waals surface area contributed by atoms with Crippen molar-refractivity contribution in [3.63, 3.8) is 0 Å². The highest BCUT2D eigenvalue weighted by Gasteiger charge is 2.44. The Labute approximate surface area is 285 Å². The lowest BCUT2D eigenvalue weighted by atomic mass is 9.74. The van der Waals surface area contributed by atoms with Gasteiger partial charge in [-0.15, -0.1) is 0 Å². The molecule has 0 fully saturated rings. The van der Waals surface area contributed by atoms with E-state index in [-0.39, 0.29) is 17.5 Å². The van der Waals surface area contributed by atoms with Crippen LogP contribution in [0.1, 0.15) is 44.8 Å². The minimum atomic E-state index is 0.0245. The van der Waals surface area contributed by atoms with Gasteiger partial charge in [-0.3, -0.25) is 0 Å². The normalized spacial score (nSPS) is 18.7. The maximum Gasteiger partial charge on any atom is 0.0629 e. The van der Waals surface area contributed by atoms with E-state index < -0.39 is 0 Å². The summed E-state index contributed by atoms with van der Waals surface area (Å²) in [7, 11) is 0. The van der Waals surface area contributed by atoms with E-state index in [0.29, 0.717) is 11.8 Å². The van der Waals surface area contributed by atoms with Crippen LogP contribution in [-0.4, -0.2) is 0 Å². The van der Waals surface area contributed by atoms with Crippen molar-refractivity contribution in [2.75, 3.05) is 4.90 Å². The first-order valence-electron chi connectivity index (χ1n) is 17.9. The minimum absolute atomic E-state index is 0.0245. The van der Waals surface area contributed by atoms with Gasteiger partial charge in [0, 0.05) is 23.0 Å². The zero-order chi connectivity index (χ0) is 34.0. The summed E-state index contributed by atoms with van der Waals surface area (Å²) in [5.74, 6) is 0.872. The van der Waals surface area contributed by atoms with Crippen molar-refractivity contribution >= 4 is 61.5 Å². The van der Waals surface area contributed by atoms with Crippen molar-refractivity contribution in [2.24, 2.45) is 5.92 Å². The third-order valence-electron chi connectivity index (χ3n) is 10.5. The summed E-state index contributed by atoms with van der Waals surface area (Å²) in [6.07, 6.45) is 9.12. The van der Waals surface area contributed by atoms with Gasteiger partial charge in [0.05, 0.1) is 2.74 Å². The molecule has 0 saturated carbocycles. The molecule has 0 spiro atoms. The molecule has 0 radical (unpaired) electrons. The number of para-hydroxylation sites is 1. The van der Waals surface area contributed by atoms with Crippen molar-refractivity contribution < 1.29 is 2.74 Å². The van der Waals surface area contributed by atoms with Gasteiger partial charge in [0.1, 0.15) is 0 Å². The number of hydrogen-bond acceptors (Lipinski definition) is 1. The second kappa shape index (κ2) is 11.2. The number of nitrogens with zero attached hydrogens (tertiary/aromatic N) is 1. The van der Waals surface area contributed by atoms with Gasteiger partial charge in [-0.2, -0.15) is 0 Å². The summed E-state index contributed by atoms with van der Waals surface area (Å²) < 4.78 is 18.4. The van der Waals surface area contributed by atoms with Crippen LogP contribution in [-0.2, 0) is 5.41 Å². The standard InChI is InChI=1S/C47H37N/c1-47(2)45-19-11-10-18-43(45)44-27-26-39(31-46(44)47)48(37-13-4-3-5-14-37)38-25-24-33-28-32(20-22-34(33)30-38)21-23-36-29-35-12-6-7-15-40(35)42-17-9-8-16-41(36)42/h3-31,43,45H,1-2H3/b23-21+/i21D,23D. The highest BCUT2D eigenvalue weighted by molar-refractivity contribution is 6.11. The Hall–Kier alpha value is -5.66. The molecule has 0 aliphatic heterocycles. The first-order valence-corrected chi connectivity index (χ1v) is 16.9. The topological polar surface area (TPSA) is 3.24 Å². The molecule has 0 bridgehead atoms. The smallest absolute Gasteiger partial charge is 0.0629 e. The van der Waals surface area contributed by atoms with E-state index in [1.807, 2.05) is 30.3 Å². The summed E-state index contributed by atoms with van der Waals surface area (Å²) in [5, 5.41) is 6.46. The third kappa shape index (κ3) is 4.69. The van der Waals surface area contributed by atoms with Crippen molar-refractivity contribution in [2.45, 2.75) is 25.2 Å². The molecule has 0 amide bonds. The van der Waals surface area contributed by atoms with E-state index in [9.17, 15) is 2.74 Å². The zero-order valence-electron chi connectivity index (χ0n) is 29.2. The lowest BCUT2D eigenvalue weighted by Crippen LogP contribution is -2.24. The highest BCUT2D eigenvalue weighted by Crippen LogP contribution is 2.54. The van der Waals surface area contributed by atoms with Gasteiger partial charge in [-0.1, -0.05) is 141 Å². The van der Waals surface area contributed by atoms with E-state index in [2.05, 4.69) is 152 Å². The minimum Gasteiger partial charge on any atom is -0.310 e. The van der Waals surface area contributed by atoms with Crippen LogP contribution >= 0.6 is 0 Å². The molecular weight excluding hydrogens is 579 g/mol. The number of rotatable bonds is 5. The number of fused-ring (bicyclic) bond motifs is 7. The van der Waals surface area contributed by atoms with Gasteiger partial charge in [-0.25, -0.2) is 0 Å². The summed E-state index contributed by atoms with van der Waals surface area (Å²) in [6.45, 7) is 4.76. The van der Waals surface area contributed by atoms with Crippen LogP contribution in [0.2, 0.25) is 0 Å². The number of hydrogen-bond donors (Lipinski definition) is 0. The van der Waals surface area contributed by atoms with Gasteiger partial charge < -0.3 is 4.90 Å². The first kappa shape index (κ1) is 26.4. The predicted molar refractivity (Wildman–Crippen MR) is 207 cm³/mol. The molecule has 7 aromatic rings. The lowest BCUT2D eigenvalue weighted by Gasteiger charge is -2.30. The number of anilines is 3. The molecule has 48 heavy (non-hydrogen) atoms. The Morgan fingerprint density at radius 1 is 0.562 bits per heavy atom. The Kier molecular flexibility index (Phi) is 6.19. The fourth-order valence-corrected chi connectivity index (χ4v) is 8.08. The van der Waals surface area contributed by atoms with Crippen LogP contribution in [0.3, 0.4) is 0 Å². The second-order valence-corrected chi connectivity index (χ2v) is 13.7. The Balaban J connectivity index is 1.12. The molecular formula is C47H37N. The molecule has 0 N–H and O–H groups in total. The van der Waals surface area contributed by atoms with Crippen LogP contribution in [0.5, 0.6) is 0 Å². The molecule has 0 aromatic heterocycles. The quantitative estimate of drug-likeness (QED) is 0.137. The van der Waals surface area contributed by atoms with E-state index in [0.717, 1.165) is 60.5 Å². The Morgan fingerprint density at radius 3 is 2.12 bits per heavy atom. The molecule has 1 heteroatoms. The summed E-state index contributed by atoms with van der Waals surface area (Å²) in [4.78, 5) is 2.35. The summed E-state index contributed by atoms with van der Waals surface area (Å²) >= 11 is 0. The van der Waals surface area contributed by atoms with E-state index in [4.69, 9.17) is 0 Å². The van der Waals surface area contributed by atoms with Crippen LogP contribution in [0, 0.1) is 5.92 Å². The average molecular weight is 618 g/mol. The van der Waals surface area contributed by atoms with Gasteiger partial charge >= 0.3 is 0 Å². The van der Waals surface area contributed by atoms with Crippen LogP contribution in [0.4, 0.5) is 17.1 Å². The van der Waals surface area contributed by atoms with Gasteiger partial charge in [-0.05, 0) is 114 Å². The molecule has 0 saturated heterocycles. The molecule has 9 rings (SSSR count). The molecule has 2 aliphatic carbocycles. The summed E-state index contributed by atoms with van der Waals surface area (Å²) in [6, 6.07) is 49.3.